The number of carbonyl (C=O) groups excluding carboxylic acids is 1. The predicted octanol–water partition coefficient (Wildman–Crippen LogP) is 1.70. The summed E-state index contributed by atoms with van der Waals surface area (Å²) in [6.45, 7) is 5.12. The zero-order chi connectivity index (χ0) is 12.2. The smallest absolute Gasteiger partial charge is 0.211 e. The van der Waals surface area contributed by atoms with Gasteiger partial charge in [0.2, 0.25) is 6.41 Å². The van der Waals surface area contributed by atoms with Gasteiger partial charge in [-0.05, 0) is 25.7 Å². The first-order chi connectivity index (χ1) is 7.44. The van der Waals surface area contributed by atoms with E-state index in [0.29, 0.717) is 0 Å². The second-order valence-corrected chi connectivity index (χ2v) is 4.93. The summed E-state index contributed by atoms with van der Waals surface area (Å²) in [5.74, 6) is 0. The van der Waals surface area contributed by atoms with Crippen LogP contribution in [-0.2, 0) is 4.79 Å². The van der Waals surface area contributed by atoms with Gasteiger partial charge in [0, 0.05) is 17.7 Å². The molecule has 1 rings (SSSR count). The first-order valence-corrected chi connectivity index (χ1v) is 5.41. The molecule has 0 radical (unpaired) electrons. The van der Waals surface area contributed by atoms with Crippen molar-refractivity contribution in [2.24, 2.45) is 5.41 Å². The van der Waals surface area contributed by atoms with E-state index in [2.05, 4.69) is 36.2 Å². The van der Waals surface area contributed by atoms with E-state index in [1.165, 1.54) is 0 Å². The standard InChI is InChI=1S/C13H20N2O/c1-13(2)7-5-6-12(14-10-16)11(8-13)9-15(3)4/h5-8,10H,9H2,1-4H3,(H,14,16). The molecular weight excluding hydrogens is 200 g/mol. The first-order valence-electron chi connectivity index (χ1n) is 5.41. The number of nitrogens with one attached hydrogen (secondary N) is 1. The zero-order valence-electron chi connectivity index (χ0n) is 10.4. The second-order valence-electron chi connectivity index (χ2n) is 4.93. The fourth-order valence-corrected chi connectivity index (χ4v) is 1.75. The number of hydrogen-bond donors (Lipinski definition) is 1. The number of nitrogens with zero attached hydrogens (tertiary/aromatic N) is 1. The second kappa shape index (κ2) is 5.12. The van der Waals surface area contributed by atoms with Gasteiger partial charge in [0.05, 0.1) is 0 Å². The quantitative estimate of drug-likeness (QED) is 0.731. The number of rotatable bonds is 4. The maximum Gasteiger partial charge on any atom is 0.211 e. The minimum Gasteiger partial charge on any atom is -0.328 e. The van der Waals surface area contributed by atoms with Gasteiger partial charge in [-0.2, -0.15) is 0 Å². The van der Waals surface area contributed by atoms with E-state index in [1.807, 2.05) is 26.2 Å². The molecule has 0 heterocycles. The number of hydrogen-bond acceptors (Lipinski definition) is 2. The molecular formula is C13H20N2O. The van der Waals surface area contributed by atoms with Crippen LogP contribution in [0.4, 0.5) is 0 Å². The van der Waals surface area contributed by atoms with Crippen LogP contribution in [0.3, 0.4) is 0 Å². The van der Waals surface area contributed by atoms with E-state index in [1.54, 1.807) is 0 Å². The van der Waals surface area contributed by atoms with Gasteiger partial charge in [-0.1, -0.05) is 32.1 Å². The summed E-state index contributed by atoms with van der Waals surface area (Å²) < 4.78 is 0. The van der Waals surface area contributed by atoms with Crippen molar-refractivity contribution in [3.63, 3.8) is 0 Å². The average Bonchev–Trinajstić information content (AvgIpc) is 2.25. The highest BCUT2D eigenvalue weighted by molar-refractivity contribution is 5.55. The van der Waals surface area contributed by atoms with Crippen LogP contribution in [0.2, 0.25) is 0 Å². The summed E-state index contributed by atoms with van der Waals surface area (Å²) >= 11 is 0. The van der Waals surface area contributed by atoms with Gasteiger partial charge in [0.15, 0.2) is 0 Å². The normalized spacial score (nSPS) is 18.8. The lowest BCUT2D eigenvalue weighted by atomic mass is 9.91. The Morgan fingerprint density at radius 3 is 2.69 bits per heavy atom. The van der Waals surface area contributed by atoms with Crippen molar-refractivity contribution >= 4 is 6.41 Å². The summed E-state index contributed by atoms with van der Waals surface area (Å²) in [6.07, 6.45) is 8.98. The van der Waals surface area contributed by atoms with Crippen molar-refractivity contribution in [1.29, 1.82) is 0 Å². The fraction of sp³-hybridized carbons (Fsp3) is 0.462. The van der Waals surface area contributed by atoms with E-state index in [9.17, 15) is 4.79 Å². The van der Waals surface area contributed by atoms with Crippen molar-refractivity contribution in [3.05, 3.63) is 35.6 Å². The highest BCUT2D eigenvalue weighted by atomic mass is 16.1. The molecule has 0 bridgehead atoms. The molecule has 1 amide bonds. The molecule has 1 aliphatic rings. The van der Waals surface area contributed by atoms with Crippen LogP contribution >= 0.6 is 0 Å². The molecule has 0 aromatic rings. The summed E-state index contributed by atoms with van der Waals surface area (Å²) in [6, 6.07) is 0. The minimum atomic E-state index is 0.0220. The van der Waals surface area contributed by atoms with Gasteiger partial charge in [-0.25, -0.2) is 0 Å². The predicted molar refractivity (Wildman–Crippen MR) is 66.8 cm³/mol. The highest BCUT2D eigenvalue weighted by Crippen LogP contribution is 2.26. The fourth-order valence-electron chi connectivity index (χ4n) is 1.75. The zero-order valence-corrected chi connectivity index (χ0v) is 10.4. The third-order valence-electron chi connectivity index (χ3n) is 2.38. The van der Waals surface area contributed by atoms with Gasteiger partial charge in [-0.3, -0.25) is 4.79 Å². The van der Waals surface area contributed by atoms with Crippen LogP contribution < -0.4 is 5.32 Å². The molecule has 0 saturated heterocycles. The largest absolute Gasteiger partial charge is 0.328 e. The van der Waals surface area contributed by atoms with Crippen molar-refractivity contribution in [3.8, 4) is 0 Å². The molecule has 0 saturated carbocycles. The van der Waals surface area contributed by atoms with Crippen LogP contribution in [-0.4, -0.2) is 32.0 Å². The minimum absolute atomic E-state index is 0.0220. The summed E-state index contributed by atoms with van der Waals surface area (Å²) in [7, 11) is 4.04. The third-order valence-corrected chi connectivity index (χ3v) is 2.38. The molecule has 0 spiro atoms. The van der Waals surface area contributed by atoms with Crippen LogP contribution in [0, 0.1) is 5.41 Å². The first kappa shape index (κ1) is 12.7. The molecule has 88 valence electrons. The van der Waals surface area contributed by atoms with Crippen LogP contribution in [0.5, 0.6) is 0 Å². The molecule has 0 atom stereocenters. The molecule has 0 fully saturated rings. The Balaban J connectivity index is 3.02. The number of amides is 1. The number of likely N-dealkylation sites (N-methyl/N-ethyl adjacent to an activating group) is 1. The van der Waals surface area contributed by atoms with Gasteiger partial charge >= 0.3 is 0 Å². The summed E-state index contributed by atoms with van der Waals surface area (Å²) in [5.41, 5.74) is 2.05. The van der Waals surface area contributed by atoms with Gasteiger partial charge in [0.25, 0.3) is 0 Å². The Hall–Kier alpha value is -1.35. The van der Waals surface area contributed by atoms with E-state index < -0.39 is 0 Å². The third kappa shape index (κ3) is 3.66. The monoisotopic (exact) mass is 220 g/mol. The Labute approximate surface area is 97.5 Å². The summed E-state index contributed by atoms with van der Waals surface area (Å²) in [5, 5.41) is 2.75. The molecule has 16 heavy (non-hydrogen) atoms. The van der Waals surface area contributed by atoms with Gasteiger partial charge in [-0.15, -0.1) is 0 Å². The maximum atomic E-state index is 10.6. The number of carbonyl (C=O) groups is 1. The van der Waals surface area contributed by atoms with Gasteiger partial charge in [0.1, 0.15) is 0 Å². The number of allylic oxidation sites excluding steroid dienone is 4. The molecule has 3 nitrogen and oxygen atoms in total. The molecule has 1 aliphatic carbocycles. The van der Waals surface area contributed by atoms with Crippen molar-refractivity contribution in [2.45, 2.75) is 13.8 Å². The lowest BCUT2D eigenvalue weighted by Crippen LogP contribution is -2.22. The molecule has 0 aromatic carbocycles. The van der Waals surface area contributed by atoms with Crippen LogP contribution in [0.15, 0.2) is 35.6 Å². The SMILES string of the molecule is CN(C)CC1=CC(C)(C)C=CC=C1NC=O. The summed E-state index contributed by atoms with van der Waals surface area (Å²) in [4.78, 5) is 12.7. The van der Waals surface area contributed by atoms with Crippen molar-refractivity contribution in [2.75, 3.05) is 20.6 Å². The molecule has 0 aliphatic heterocycles. The van der Waals surface area contributed by atoms with Crippen molar-refractivity contribution < 1.29 is 4.79 Å². The molecule has 0 aromatic heterocycles. The molecule has 0 unspecified atom stereocenters. The van der Waals surface area contributed by atoms with Crippen molar-refractivity contribution in [1.82, 2.24) is 10.2 Å². The Bertz CT molecular complexity index is 349. The average molecular weight is 220 g/mol. The van der Waals surface area contributed by atoms with E-state index in [4.69, 9.17) is 0 Å². The Morgan fingerprint density at radius 1 is 1.44 bits per heavy atom. The molecule has 3 heteroatoms. The topological polar surface area (TPSA) is 32.3 Å². The Kier molecular flexibility index (Phi) is 4.07. The van der Waals surface area contributed by atoms with Crippen LogP contribution in [0.1, 0.15) is 13.8 Å². The van der Waals surface area contributed by atoms with Gasteiger partial charge < -0.3 is 10.2 Å². The highest BCUT2D eigenvalue weighted by Gasteiger charge is 2.16. The lowest BCUT2D eigenvalue weighted by molar-refractivity contribution is -0.108. The maximum absolute atomic E-state index is 10.6. The van der Waals surface area contributed by atoms with Crippen LogP contribution in [0.25, 0.3) is 0 Å². The Morgan fingerprint density at radius 2 is 2.12 bits per heavy atom. The molecule has 1 N–H and O–H groups in total. The lowest BCUT2D eigenvalue weighted by Gasteiger charge is -2.20. The van der Waals surface area contributed by atoms with E-state index >= 15 is 0 Å². The van der Waals surface area contributed by atoms with E-state index in [-0.39, 0.29) is 5.41 Å². The van der Waals surface area contributed by atoms with E-state index in [0.717, 1.165) is 24.2 Å².